The molecule has 4 heteroatoms. The highest BCUT2D eigenvalue weighted by Crippen LogP contribution is 2.33. The molecular weight excluding hydrogens is 248 g/mol. The van der Waals surface area contributed by atoms with Gasteiger partial charge in [-0.3, -0.25) is 4.55 Å². The van der Waals surface area contributed by atoms with E-state index in [1.54, 1.807) is 12.1 Å². The fourth-order valence-electron chi connectivity index (χ4n) is 2.15. The summed E-state index contributed by atoms with van der Waals surface area (Å²) in [5, 5.41) is 0. The molecule has 18 heavy (non-hydrogen) atoms. The van der Waals surface area contributed by atoms with Gasteiger partial charge in [0.2, 0.25) is 0 Å². The van der Waals surface area contributed by atoms with Crippen molar-refractivity contribution in [2.45, 2.75) is 51.3 Å². The largest absolute Gasteiger partial charge is 0.294 e. The predicted molar refractivity (Wildman–Crippen MR) is 73.4 cm³/mol. The van der Waals surface area contributed by atoms with Crippen LogP contribution in [0.3, 0.4) is 0 Å². The van der Waals surface area contributed by atoms with Gasteiger partial charge in [-0.25, -0.2) is 0 Å². The van der Waals surface area contributed by atoms with E-state index in [4.69, 9.17) is 4.55 Å². The topological polar surface area (TPSA) is 54.4 Å². The first-order valence-electron chi connectivity index (χ1n) is 6.21. The molecule has 1 rings (SSSR count). The molecule has 0 aliphatic rings. The lowest BCUT2D eigenvalue weighted by Crippen LogP contribution is -2.11. The average Bonchev–Trinajstić information content (AvgIpc) is 2.24. The Morgan fingerprint density at radius 3 is 2.00 bits per heavy atom. The van der Waals surface area contributed by atoms with E-state index in [1.165, 1.54) is 12.1 Å². The van der Waals surface area contributed by atoms with E-state index in [2.05, 4.69) is 27.7 Å². The summed E-state index contributed by atoms with van der Waals surface area (Å²) >= 11 is 0. The van der Waals surface area contributed by atoms with Crippen LogP contribution in [-0.4, -0.2) is 13.0 Å². The van der Waals surface area contributed by atoms with Crippen molar-refractivity contribution in [1.82, 2.24) is 0 Å². The van der Waals surface area contributed by atoms with E-state index in [-0.39, 0.29) is 10.3 Å². The number of hydrogen-bond donors (Lipinski definition) is 1. The van der Waals surface area contributed by atoms with Gasteiger partial charge in [-0.15, -0.1) is 0 Å². The molecule has 0 aliphatic heterocycles. The van der Waals surface area contributed by atoms with Gasteiger partial charge in [-0.1, -0.05) is 39.8 Å². The minimum absolute atomic E-state index is 0.0446. The smallest absolute Gasteiger partial charge is 0.282 e. The summed E-state index contributed by atoms with van der Waals surface area (Å²) in [7, 11) is -4.09. The molecule has 0 radical (unpaired) electrons. The SMILES string of the molecule is CCC(CC(C)(C)C)c1ccc(S(=O)(=O)O)cc1. The summed E-state index contributed by atoms with van der Waals surface area (Å²) in [5.74, 6) is 0.417. The van der Waals surface area contributed by atoms with E-state index in [0.717, 1.165) is 18.4 Å². The molecule has 1 aromatic carbocycles. The maximum absolute atomic E-state index is 11.0. The van der Waals surface area contributed by atoms with Crippen LogP contribution in [0.1, 0.15) is 52.0 Å². The number of rotatable bonds is 4. The van der Waals surface area contributed by atoms with Crippen LogP contribution in [-0.2, 0) is 10.1 Å². The van der Waals surface area contributed by atoms with Crippen molar-refractivity contribution in [2.75, 3.05) is 0 Å². The Morgan fingerprint density at radius 1 is 1.17 bits per heavy atom. The molecule has 3 nitrogen and oxygen atoms in total. The van der Waals surface area contributed by atoms with Crippen LogP contribution < -0.4 is 0 Å². The van der Waals surface area contributed by atoms with Crippen LogP contribution in [0, 0.1) is 5.41 Å². The molecule has 0 aromatic heterocycles. The van der Waals surface area contributed by atoms with Crippen molar-refractivity contribution < 1.29 is 13.0 Å². The Bertz CT molecular complexity index is 481. The Balaban J connectivity index is 2.96. The summed E-state index contributed by atoms with van der Waals surface area (Å²) < 4.78 is 30.9. The molecule has 1 unspecified atom stereocenters. The first kappa shape index (κ1) is 15.2. The third-order valence-corrected chi connectivity index (χ3v) is 3.87. The minimum atomic E-state index is -4.09. The standard InChI is InChI=1S/C14H22O3S/c1-5-11(10-14(2,3)4)12-6-8-13(9-7-12)18(15,16)17/h6-9,11H,5,10H2,1-4H3,(H,15,16,17). The lowest BCUT2D eigenvalue weighted by molar-refractivity contribution is 0.335. The molecule has 0 saturated carbocycles. The van der Waals surface area contributed by atoms with Gasteiger partial charge >= 0.3 is 0 Å². The molecule has 0 spiro atoms. The summed E-state index contributed by atoms with van der Waals surface area (Å²) in [6, 6.07) is 6.53. The van der Waals surface area contributed by atoms with Crippen LogP contribution in [0.2, 0.25) is 0 Å². The first-order chi connectivity index (χ1) is 8.13. The molecule has 0 amide bonds. The Morgan fingerprint density at radius 2 is 1.67 bits per heavy atom. The van der Waals surface area contributed by atoms with E-state index >= 15 is 0 Å². The third kappa shape index (κ3) is 4.42. The number of benzene rings is 1. The van der Waals surface area contributed by atoms with E-state index in [0.29, 0.717) is 5.92 Å². The van der Waals surface area contributed by atoms with Crippen molar-refractivity contribution >= 4 is 10.1 Å². The molecule has 0 aliphatic carbocycles. The molecule has 0 fully saturated rings. The predicted octanol–water partition coefficient (Wildman–Crippen LogP) is 3.86. The molecule has 102 valence electrons. The molecule has 0 bridgehead atoms. The highest BCUT2D eigenvalue weighted by Gasteiger charge is 2.19. The highest BCUT2D eigenvalue weighted by atomic mass is 32.2. The second-order valence-corrected chi connectivity index (χ2v) is 7.34. The summed E-state index contributed by atoms with van der Waals surface area (Å²) in [4.78, 5) is -0.0446. The second kappa shape index (κ2) is 5.41. The maximum Gasteiger partial charge on any atom is 0.294 e. The lowest BCUT2D eigenvalue weighted by Gasteiger charge is -2.25. The van der Waals surface area contributed by atoms with E-state index in [1.807, 2.05) is 0 Å². The number of hydrogen-bond acceptors (Lipinski definition) is 2. The van der Waals surface area contributed by atoms with Crippen molar-refractivity contribution in [1.29, 1.82) is 0 Å². The van der Waals surface area contributed by atoms with Gasteiger partial charge in [0.25, 0.3) is 10.1 Å². The quantitative estimate of drug-likeness (QED) is 0.845. The van der Waals surface area contributed by atoms with Gasteiger partial charge in [0, 0.05) is 0 Å². The van der Waals surface area contributed by atoms with Gasteiger partial charge in [0.05, 0.1) is 4.90 Å². The zero-order valence-electron chi connectivity index (χ0n) is 11.5. The molecule has 1 N–H and O–H groups in total. The highest BCUT2D eigenvalue weighted by molar-refractivity contribution is 7.85. The van der Waals surface area contributed by atoms with Crippen LogP contribution in [0.5, 0.6) is 0 Å². The monoisotopic (exact) mass is 270 g/mol. The van der Waals surface area contributed by atoms with Gasteiger partial charge < -0.3 is 0 Å². The minimum Gasteiger partial charge on any atom is -0.282 e. The zero-order valence-corrected chi connectivity index (χ0v) is 12.3. The molecule has 1 aromatic rings. The maximum atomic E-state index is 11.0. The van der Waals surface area contributed by atoms with Gasteiger partial charge in [0.15, 0.2) is 0 Å². The Kier molecular flexibility index (Phi) is 4.56. The molecule has 1 atom stereocenters. The summed E-state index contributed by atoms with van der Waals surface area (Å²) in [5.41, 5.74) is 1.36. The van der Waals surface area contributed by atoms with Crippen molar-refractivity contribution in [3.63, 3.8) is 0 Å². The van der Waals surface area contributed by atoms with E-state index in [9.17, 15) is 8.42 Å². The van der Waals surface area contributed by atoms with Gasteiger partial charge in [0.1, 0.15) is 0 Å². The second-order valence-electron chi connectivity index (χ2n) is 5.91. The fourth-order valence-corrected chi connectivity index (χ4v) is 2.63. The molecular formula is C14H22O3S. The Labute approximate surface area is 110 Å². The van der Waals surface area contributed by atoms with Crippen LogP contribution in [0.4, 0.5) is 0 Å². The van der Waals surface area contributed by atoms with Crippen molar-refractivity contribution in [2.24, 2.45) is 5.41 Å². The van der Waals surface area contributed by atoms with Crippen molar-refractivity contribution in [3.8, 4) is 0 Å². The molecule has 0 saturated heterocycles. The normalized spacial score (nSPS) is 14.5. The van der Waals surface area contributed by atoms with E-state index < -0.39 is 10.1 Å². The fraction of sp³-hybridized carbons (Fsp3) is 0.571. The Hall–Kier alpha value is -0.870. The summed E-state index contributed by atoms with van der Waals surface area (Å²) in [6.07, 6.45) is 2.07. The van der Waals surface area contributed by atoms with Gasteiger partial charge in [-0.05, 0) is 41.9 Å². The van der Waals surface area contributed by atoms with Crippen LogP contribution in [0.15, 0.2) is 29.2 Å². The van der Waals surface area contributed by atoms with Crippen LogP contribution >= 0.6 is 0 Å². The molecule has 0 heterocycles. The van der Waals surface area contributed by atoms with Crippen molar-refractivity contribution in [3.05, 3.63) is 29.8 Å². The zero-order chi connectivity index (χ0) is 14.0. The van der Waals surface area contributed by atoms with Gasteiger partial charge in [-0.2, -0.15) is 8.42 Å². The third-order valence-electron chi connectivity index (χ3n) is 3.00. The average molecular weight is 270 g/mol. The summed E-state index contributed by atoms with van der Waals surface area (Å²) in [6.45, 7) is 8.72. The lowest BCUT2D eigenvalue weighted by atomic mass is 9.80. The first-order valence-corrected chi connectivity index (χ1v) is 7.65. The van der Waals surface area contributed by atoms with Crippen LogP contribution in [0.25, 0.3) is 0 Å².